The molecule has 1 unspecified atom stereocenters. The molecule has 4 rings (SSSR count). The van der Waals surface area contributed by atoms with Gasteiger partial charge in [0.2, 0.25) is 6.10 Å². The first-order chi connectivity index (χ1) is 16.8. The lowest BCUT2D eigenvalue weighted by atomic mass is 10.1. The van der Waals surface area contributed by atoms with Crippen LogP contribution in [-0.2, 0) is 14.8 Å². The predicted molar refractivity (Wildman–Crippen MR) is 127 cm³/mol. The Balaban J connectivity index is 1.44. The zero-order chi connectivity index (χ0) is 25.0. The topological polar surface area (TPSA) is 132 Å². The molecule has 11 heteroatoms. The van der Waals surface area contributed by atoms with E-state index in [4.69, 9.17) is 14.2 Å². The molecule has 1 aliphatic rings. The number of methoxy groups -OCH3 is 1. The Morgan fingerprint density at radius 3 is 2.46 bits per heavy atom. The second-order valence-corrected chi connectivity index (χ2v) is 9.24. The lowest BCUT2D eigenvalue weighted by Crippen LogP contribution is -2.50. The number of hydrogen-bond acceptors (Lipinski definition) is 7. The van der Waals surface area contributed by atoms with E-state index in [-0.39, 0.29) is 22.8 Å². The van der Waals surface area contributed by atoms with E-state index in [0.717, 1.165) is 0 Å². The predicted octanol–water partition coefficient (Wildman–Crippen LogP) is 2.41. The first kappa shape index (κ1) is 23.9. The molecule has 10 nitrogen and oxygen atoms in total. The van der Waals surface area contributed by atoms with Gasteiger partial charge < -0.3 is 14.2 Å². The maximum atomic E-state index is 13.0. The van der Waals surface area contributed by atoms with Gasteiger partial charge in [-0.05, 0) is 48.9 Å². The molecular formula is C24H23N3O7S. The van der Waals surface area contributed by atoms with Gasteiger partial charge in [0.1, 0.15) is 12.4 Å². The van der Waals surface area contributed by atoms with Gasteiger partial charge in [-0.25, -0.2) is 8.42 Å². The molecule has 0 aliphatic carbocycles. The summed E-state index contributed by atoms with van der Waals surface area (Å²) >= 11 is 0. The number of carbonyl (C=O) groups is 2. The number of para-hydroxylation sites is 4. The summed E-state index contributed by atoms with van der Waals surface area (Å²) in [5, 5.41) is 0. The maximum Gasteiger partial charge on any atom is 0.283 e. The second-order valence-electron chi connectivity index (χ2n) is 7.59. The van der Waals surface area contributed by atoms with Crippen molar-refractivity contribution in [3.05, 3.63) is 77.9 Å². The zero-order valence-electron chi connectivity index (χ0n) is 18.9. The van der Waals surface area contributed by atoms with Gasteiger partial charge in [0.25, 0.3) is 21.8 Å². The number of sulfonamides is 1. The molecule has 0 spiro atoms. The Bertz CT molecular complexity index is 1380. The highest BCUT2D eigenvalue weighted by molar-refractivity contribution is 7.92. The molecule has 3 N–H and O–H groups in total. The van der Waals surface area contributed by atoms with Gasteiger partial charge in [0.05, 0.1) is 17.7 Å². The van der Waals surface area contributed by atoms with Crippen molar-refractivity contribution in [2.24, 2.45) is 0 Å². The number of ether oxygens (including phenoxy) is 3. The van der Waals surface area contributed by atoms with Gasteiger partial charge in [0.15, 0.2) is 11.5 Å². The molecule has 0 fully saturated rings. The Kier molecular flexibility index (Phi) is 6.78. The molecule has 1 atom stereocenters. The van der Waals surface area contributed by atoms with Gasteiger partial charge >= 0.3 is 0 Å². The first-order valence-corrected chi connectivity index (χ1v) is 12.0. The summed E-state index contributed by atoms with van der Waals surface area (Å²) in [4.78, 5) is 25.0. The van der Waals surface area contributed by atoms with Gasteiger partial charge in [0, 0.05) is 5.56 Å². The van der Waals surface area contributed by atoms with E-state index in [9.17, 15) is 18.0 Å². The van der Waals surface area contributed by atoms with Gasteiger partial charge in [-0.3, -0.25) is 25.2 Å². The summed E-state index contributed by atoms with van der Waals surface area (Å²) in [6.07, 6.45) is -0.968. The largest absolute Gasteiger partial charge is 0.495 e. The van der Waals surface area contributed by atoms with Crippen LogP contribution in [0.2, 0.25) is 0 Å². The van der Waals surface area contributed by atoms with Crippen LogP contribution in [0.4, 0.5) is 5.69 Å². The van der Waals surface area contributed by atoms with Crippen LogP contribution < -0.4 is 29.8 Å². The average molecular weight is 498 g/mol. The van der Waals surface area contributed by atoms with Crippen LogP contribution in [0, 0.1) is 6.92 Å². The number of fused-ring (bicyclic) bond motifs is 1. The molecule has 182 valence electrons. The van der Waals surface area contributed by atoms with Gasteiger partial charge in [-0.1, -0.05) is 30.3 Å². The van der Waals surface area contributed by atoms with Gasteiger partial charge in [-0.15, -0.1) is 0 Å². The molecule has 0 bridgehead atoms. The molecule has 0 saturated carbocycles. The van der Waals surface area contributed by atoms with E-state index < -0.39 is 27.9 Å². The number of hydrogen-bond donors (Lipinski definition) is 3. The fraction of sp³-hybridized carbons (Fsp3) is 0.167. The molecule has 0 aromatic heterocycles. The number of rotatable bonds is 6. The lowest BCUT2D eigenvalue weighted by Gasteiger charge is -2.25. The first-order valence-electron chi connectivity index (χ1n) is 10.5. The van der Waals surface area contributed by atoms with Crippen molar-refractivity contribution in [1.82, 2.24) is 10.9 Å². The number of carbonyl (C=O) groups excluding carboxylic acids is 2. The van der Waals surface area contributed by atoms with Crippen LogP contribution in [0.1, 0.15) is 15.9 Å². The molecule has 1 heterocycles. The van der Waals surface area contributed by atoms with E-state index in [2.05, 4.69) is 15.6 Å². The average Bonchev–Trinajstić information content (AvgIpc) is 2.87. The SMILES string of the molecule is COc1ccccc1NS(=O)(=O)c1cc(C(=O)NNC(=O)C2COc3ccccc3O2)ccc1C. The molecule has 1 aliphatic heterocycles. The minimum atomic E-state index is -4.04. The molecule has 0 saturated heterocycles. The lowest BCUT2D eigenvalue weighted by molar-refractivity contribution is -0.131. The smallest absolute Gasteiger partial charge is 0.283 e. The van der Waals surface area contributed by atoms with E-state index in [0.29, 0.717) is 22.8 Å². The summed E-state index contributed by atoms with van der Waals surface area (Å²) in [5.74, 6) is -0.0337. The van der Waals surface area contributed by atoms with Crippen molar-refractivity contribution in [2.45, 2.75) is 17.9 Å². The molecule has 3 aromatic carbocycles. The molecule has 0 radical (unpaired) electrons. The second kappa shape index (κ2) is 9.94. The zero-order valence-corrected chi connectivity index (χ0v) is 19.7. The van der Waals surface area contributed by atoms with Crippen molar-refractivity contribution in [3.63, 3.8) is 0 Å². The molecule has 3 aromatic rings. The normalized spacial score (nSPS) is 14.5. The van der Waals surface area contributed by atoms with Crippen molar-refractivity contribution < 1.29 is 32.2 Å². The summed E-state index contributed by atoms with van der Waals surface area (Å²) in [5.41, 5.74) is 5.28. The van der Waals surface area contributed by atoms with Crippen LogP contribution in [0.3, 0.4) is 0 Å². The van der Waals surface area contributed by atoms with E-state index in [1.54, 1.807) is 55.5 Å². The van der Waals surface area contributed by atoms with Crippen LogP contribution >= 0.6 is 0 Å². The fourth-order valence-corrected chi connectivity index (χ4v) is 4.72. The third-order valence-corrected chi connectivity index (χ3v) is 6.70. The monoisotopic (exact) mass is 497 g/mol. The van der Waals surface area contributed by atoms with Crippen molar-refractivity contribution >= 4 is 27.5 Å². The molecule has 2 amide bonds. The third-order valence-electron chi connectivity index (χ3n) is 5.19. The highest BCUT2D eigenvalue weighted by Crippen LogP contribution is 2.31. The Hall–Kier alpha value is -4.25. The van der Waals surface area contributed by atoms with Crippen molar-refractivity contribution in [3.8, 4) is 17.2 Å². The molecule has 35 heavy (non-hydrogen) atoms. The standard InChI is InChI=1S/C24H23N3O7S/c1-15-11-12-16(13-22(15)35(30,31)27-17-7-3-4-8-18(17)32-2)23(28)25-26-24(29)21-14-33-19-9-5-6-10-20(19)34-21/h3-13,21,27H,14H2,1-2H3,(H,25,28)(H,26,29). The minimum Gasteiger partial charge on any atom is -0.495 e. The van der Waals surface area contributed by atoms with E-state index in [1.165, 1.54) is 25.3 Å². The van der Waals surface area contributed by atoms with Gasteiger partial charge in [-0.2, -0.15) is 0 Å². The van der Waals surface area contributed by atoms with Crippen molar-refractivity contribution in [1.29, 1.82) is 0 Å². The number of hydrazine groups is 1. The minimum absolute atomic E-state index is 0.0275. The highest BCUT2D eigenvalue weighted by atomic mass is 32.2. The summed E-state index contributed by atoms with van der Waals surface area (Å²) < 4.78 is 44.9. The number of amides is 2. The van der Waals surface area contributed by atoms with E-state index in [1.807, 2.05) is 0 Å². The summed E-state index contributed by atoms with van der Waals surface area (Å²) in [7, 11) is -2.61. The van der Waals surface area contributed by atoms with Crippen LogP contribution in [0.15, 0.2) is 71.6 Å². The Morgan fingerprint density at radius 1 is 0.971 bits per heavy atom. The quantitative estimate of drug-likeness (QED) is 0.446. The third kappa shape index (κ3) is 5.30. The number of anilines is 1. The van der Waals surface area contributed by atoms with E-state index >= 15 is 0 Å². The number of aryl methyl sites for hydroxylation is 1. The fourth-order valence-electron chi connectivity index (χ4n) is 3.38. The Morgan fingerprint density at radius 2 is 1.69 bits per heavy atom. The van der Waals surface area contributed by atoms with Crippen molar-refractivity contribution in [2.75, 3.05) is 18.4 Å². The van der Waals surface area contributed by atoms with Crippen LogP contribution in [-0.4, -0.2) is 40.1 Å². The highest BCUT2D eigenvalue weighted by Gasteiger charge is 2.28. The van der Waals surface area contributed by atoms with Crippen LogP contribution in [0.5, 0.6) is 17.2 Å². The summed E-state index contributed by atoms with van der Waals surface area (Å²) in [6, 6.07) is 17.7. The van der Waals surface area contributed by atoms with Crippen LogP contribution in [0.25, 0.3) is 0 Å². The number of nitrogens with one attached hydrogen (secondary N) is 3. The summed E-state index contributed by atoms with van der Waals surface area (Å²) in [6.45, 7) is 1.58. The molecular weight excluding hydrogens is 474 g/mol. The number of benzene rings is 3. The Labute approximate surface area is 202 Å². The maximum absolute atomic E-state index is 13.0.